The first-order valence-electron chi connectivity index (χ1n) is 9.64. The van der Waals surface area contributed by atoms with E-state index in [-0.39, 0.29) is 24.2 Å². The largest absolute Gasteiger partial charge is 0.504 e. The molecule has 0 aliphatic rings. The number of methoxy groups -OCH3 is 1. The van der Waals surface area contributed by atoms with Crippen molar-refractivity contribution in [2.45, 2.75) is 78.2 Å². The van der Waals surface area contributed by atoms with Gasteiger partial charge in [0.15, 0.2) is 11.5 Å². The predicted octanol–water partition coefficient (Wildman–Crippen LogP) is 5.61. The monoisotopic (exact) mass is 350 g/mol. The molecule has 142 valence electrons. The van der Waals surface area contributed by atoms with Crippen molar-refractivity contribution < 1.29 is 19.4 Å². The van der Waals surface area contributed by atoms with Crippen LogP contribution in [0.15, 0.2) is 18.2 Å². The van der Waals surface area contributed by atoms with Crippen LogP contribution in [0.1, 0.15) is 77.2 Å². The van der Waals surface area contributed by atoms with E-state index in [1.165, 1.54) is 32.8 Å². The number of benzene rings is 1. The van der Waals surface area contributed by atoms with Gasteiger partial charge in [0.2, 0.25) is 0 Å². The summed E-state index contributed by atoms with van der Waals surface area (Å²) >= 11 is 0. The smallest absolute Gasteiger partial charge is 0.309 e. The average Bonchev–Trinajstić information content (AvgIpc) is 2.63. The highest BCUT2D eigenvalue weighted by molar-refractivity contribution is 5.72. The Labute approximate surface area is 152 Å². The summed E-state index contributed by atoms with van der Waals surface area (Å²) in [5, 5.41) is 9.62. The summed E-state index contributed by atoms with van der Waals surface area (Å²) in [6.07, 6.45) is 10.0. The molecule has 25 heavy (non-hydrogen) atoms. The van der Waals surface area contributed by atoms with Crippen molar-refractivity contribution in [1.82, 2.24) is 0 Å². The number of unbranched alkanes of at least 4 members (excludes halogenated alkanes) is 5. The first-order chi connectivity index (χ1) is 12.1. The van der Waals surface area contributed by atoms with E-state index < -0.39 is 0 Å². The Morgan fingerprint density at radius 2 is 1.72 bits per heavy atom. The second-order valence-corrected chi connectivity index (χ2v) is 6.66. The lowest BCUT2D eigenvalue weighted by Gasteiger charge is -2.16. The van der Waals surface area contributed by atoms with Gasteiger partial charge < -0.3 is 14.6 Å². The van der Waals surface area contributed by atoms with Gasteiger partial charge in [0.05, 0.1) is 13.0 Å². The summed E-state index contributed by atoms with van der Waals surface area (Å²) in [4.78, 5) is 12.5. The molecule has 0 aliphatic heterocycles. The molecular weight excluding hydrogens is 316 g/mol. The summed E-state index contributed by atoms with van der Waals surface area (Å²) < 4.78 is 10.6. The maximum Gasteiger partial charge on any atom is 0.309 e. The van der Waals surface area contributed by atoms with Crippen LogP contribution >= 0.6 is 0 Å². The summed E-state index contributed by atoms with van der Waals surface area (Å²) in [5.41, 5.74) is 0.820. The molecule has 0 fully saturated rings. The number of carbonyl (C=O) groups excluding carboxylic acids is 1. The Kier molecular flexibility index (Phi) is 10.8. The van der Waals surface area contributed by atoms with Gasteiger partial charge in [-0.05, 0) is 30.5 Å². The lowest BCUT2D eigenvalue weighted by atomic mass is 9.95. The molecule has 1 unspecified atom stereocenters. The second-order valence-electron chi connectivity index (χ2n) is 6.66. The van der Waals surface area contributed by atoms with Gasteiger partial charge in [0.1, 0.15) is 6.61 Å². The summed E-state index contributed by atoms with van der Waals surface area (Å²) in [7, 11) is 1.50. The minimum absolute atomic E-state index is 0.000544. The lowest BCUT2D eigenvalue weighted by molar-refractivity contribution is -0.150. The van der Waals surface area contributed by atoms with Crippen LogP contribution in [0.2, 0.25) is 0 Å². The first kappa shape index (κ1) is 21.3. The Balaban J connectivity index is 2.50. The van der Waals surface area contributed by atoms with E-state index in [1.54, 1.807) is 18.2 Å². The quantitative estimate of drug-likeness (QED) is 0.371. The van der Waals surface area contributed by atoms with Crippen LogP contribution in [0.4, 0.5) is 0 Å². The molecule has 0 amide bonds. The number of esters is 1. The number of aromatic hydroxyl groups is 1. The molecule has 0 aromatic heterocycles. The van der Waals surface area contributed by atoms with E-state index in [0.29, 0.717) is 5.75 Å². The molecule has 0 aliphatic carbocycles. The Hall–Kier alpha value is -1.71. The van der Waals surface area contributed by atoms with Gasteiger partial charge in [-0.1, -0.05) is 64.9 Å². The summed E-state index contributed by atoms with van der Waals surface area (Å²) in [6.45, 7) is 4.57. The fourth-order valence-electron chi connectivity index (χ4n) is 2.91. The molecule has 1 N–H and O–H groups in total. The number of phenols is 1. The van der Waals surface area contributed by atoms with Crippen LogP contribution in [0.25, 0.3) is 0 Å². The maximum atomic E-state index is 12.5. The summed E-state index contributed by atoms with van der Waals surface area (Å²) in [5.74, 6) is 0.383. The normalized spacial score (nSPS) is 12.0. The Morgan fingerprint density at radius 3 is 2.40 bits per heavy atom. The van der Waals surface area contributed by atoms with Crippen molar-refractivity contribution in [3.8, 4) is 11.5 Å². The minimum atomic E-state index is -0.101. The number of phenolic OH excluding ortho intramolecular Hbond substituents is 1. The zero-order chi connectivity index (χ0) is 18.5. The van der Waals surface area contributed by atoms with Crippen LogP contribution in [-0.2, 0) is 16.1 Å². The van der Waals surface area contributed by atoms with Crippen molar-refractivity contribution >= 4 is 5.97 Å². The van der Waals surface area contributed by atoms with Crippen molar-refractivity contribution in [3.63, 3.8) is 0 Å². The van der Waals surface area contributed by atoms with Crippen molar-refractivity contribution in [2.75, 3.05) is 7.11 Å². The molecule has 1 aromatic rings. The van der Waals surface area contributed by atoms with Gasteiger partial charge in [0, 0.05) is 0 Å². The van der Waals surface area contributed by atoms with Crippen molar-refractivity contribution in [3.05, 3.63) is 23.8 Å². The molecule has 0 spiro atoms. The number of rotatable bonds is 13. The van der Waals surface area contributed by atoms with Crippen LogP contribution in [0.3, 0.4) is 0 Å². The minimum Gasteiger partial charge on any atom is -0.504 e. The van der Waals surface area contributed by atoms with E-state index >= 15 is 0 Å². The highest BCUT2D eigenvalue weighted by atomic mass is 16.5. The standard InChI is InChI=1S/C21H34O4/c1-4-6-8-9-10-12-18(11-7-5-2)21(23)25-16-17-13-14-19(22)20(15-17)24-3/h13-15,18,22H,4-12,16H2,1-3H3. The molecule has 1 atom stereocenters. The van der Waals surface area contributed by atoms with E-state index in [0.717, 1.165) is 37.7 Å². The molecule has 0 bridgehead atoms. The maximum absolute atomic E-state index is 12.5. The number of hydrogen-bond acceptors (Lipinski definition) is 4. The second kappa shape index (κ2) is 12.6. The lowest BCUT2D eigenvalue weighted by Crippen LogP contribution is -2.18. The van der Waals surface area contributed by atoms with Crippen molar-refractivity contribution in [1.29, 1.82) is 0 Å². The third kappa shape index (κ3) is 8.28. The van der Waals surface area contributed by atoms with Gasteiger partial charge in [0.25, 0.3) is 0 Å². The zero-order valence-corrected chi connectivity index (χ0v) is 16.1. The molecular formula is C21H34O4. The number of ether oxygens (including phenoxy) is 2. The van der Waals surface area contributed by atoms with Crippen molar-refractivity contribution in [2.24, 2.45) is 5.92 Å². The fraction of sp³-hybridized carbons (Fsp3) is 0.667. The molecule has 0 saturated carbocycles. The van der Waals surface area contributed by atoms with E-state index in [1.807, 2.05) is 0 Å². The van der Waals surface area contributed by atoms with E-state index in [9.17, 15) is 9.90 Å². The van der Waals surface area contributed by atoms with E-state index in [4.69, 9.17) is 9.47 Å². The van der Waals surface area contributed by atoms with Gasteiger partial charge in [-0.2, -0.15) is 0 Å². The molecule has 0 saturated heterocycles. The Morgan fingerprint density at radius 1 is 1.04 bits per heavy atom. The van der Waals surface area contributed by atoms with Crippen LogP contribution in [0, 0.1) is 5.92 Å². The molecule has 0 heterocycles. The van der Waals surface area contributed by atoms with Gasteiger partial charge in [-0.25, -0.2) is 0 Å². The molecule has 1 aromatic carbocycles. The topological polar surface area (TPSA) is 55.8 Å². The third-order valence-electron chi connectivity index (χ3n) is 4.52. The number of hydrogen-bond donors (Lipinski definition) is 1. The Bertz CT molecular complexity index is 499. The van der Waals surface area contributed by atoms with Gasteiger partial charge in [-0.3, -0.25) is 4.79 Å². The average molecular weight is 350 g/mol. The highest BCUT2D eigenvalue weighted by Crippen LogP contribution is 2.27. The van der Waals surface area contributed by atoms with Crippen LogP contribution in [-0.4, -0.2) is 18.2 Å². The predicted molar refractivity (Wildman–Crippen MR) is 101 cm³/mol. The first-order valence-corrected chi connectivity index (χ1v) is 9.64. The molecule has 4 heteroatoms. The molecule has 0 radical (unpaired) electrons. The SMILES string of the molecule is CCCCCCCC(CCCC)C(=O)OCc1ccc(O)c(OC)c1. The fourth-order valence-corrected chi connectivity index (χ4v) is 2.91. The highest BCUT2D eigenvalue weighted by Gasteiger charge is 2.19. The third-order valence-corrected chi connectivity index (χ3v) is 4.52. The molecule has 4 nitrogen and oxygen atoms in total. The number of carbonyl (C=O) groups is 1. The van der Waals surface area contributed by atoms with E-state index in [2.05, 4.69) is 13.8 Å². The van der Waals surface area contributed by atoms with Crippen LogP contribution < -0.4 is 4.74 Å². The zero-order valence-electron chi connectivity index (χ0n) is 16.1. The molecule has 1 rings (SSSR count). The van der Waals surface area contributed by atoms with Gasteiger partial charge in [-0.15, -0.1) is 0 Å². The summed E-state index contributed by atoms with van der Waals surface area (Å²) in [6, 6.07) is 5.01. The van der Waals surface area contributed by atoms with Gasteiger partial charge >= 0.3 is 5.97 Å². The van der Waals surface area contributed by atoms with Crippen LogP contribution in [0.5, 0.6) is 11.5 Å².